The summed E-state index contributed by atoms with van der Waals surface area (Å²) in [5.74, 6) is 0.148. The van der Waals surface area contributed by atoms with Crippen molar-refractivity contribution in [1.82, 2.24) is 10.3 Å². The van der Waals surface area contributed by atoms with Gasteiger partial charge < -0.3 is 5.32 Å². The first-order chi connectivity index (χ1) is 8.15. The number of thiazole rings is 1. The van der Waals surface area contributed by atoms with E-state index < -0.39 is 0 Å². The van der Waals surface area contributed by atoms with Gasteiger partial charge in [0, 0.05) is 17.1 Å². The summed E-state index contributed by atoms with van der Waals surface area (Å²) in [5, 5.41) is 5.09. The second kappa shape index (κ2) is 5.87. The molecule has 0 saturated heterocycles. The molecule has 3 nitrogen and oxygen atoms in total. The van der Waals surface area contributed by atoms with E-state index in [0.29, 0.717) is 6.04 Å². The number of carbonyl (C=O) groups excluding carboxylic acids is 1. The Hall–Kier alpha value is -0.550. The number of nitrogens with one attached hydrogen (secondary N) is 1. The van der Waals surface area contributed by atoms with Gasteiger partial charge in [-0.1, -0.05) is 24.6 Å². The van der Waals surface area contributed by atoms with Crippen LogP contribution in [0.3, 0.4) is 0 Å². The molecule has 0 unspecified atom stereocenters. The van der Waals surface area contributed by atoms with Crippen molar-refractivity contribution < 1.29 is 4.79 Å². The lowest BCUT2D eigenvalue weighted by molar-refractivity contribution is -0.120. The highest BCUT2D eigenvalue weighted by atomic mass is 32.2. The van der Waals surface area contributed by atoms with Crippen molar-refractivity contribution in [3.63, 3.8) is 0 Å². The van der Waals surface area contributed by atoms with Crippen LogP contribution in [0.4, 0.5) is 0 Å². The summed E-state index contributed by atoms with van der Waals surface area (Å²) < 4.78 is 0.983. The molecule has 1 aromatic heterocycles. The highest BCUT2D eigenvalue weighted by Gasteiger charge is 2.21. The molecule has 1 heterocycles. The molecule has 2 rings (SSSR count). The third-order valence-corrected chi connectivity index (χ3v) is 5.14. The molecule has 1 saturated carbocycles. The zero-order valence-electron chi connectivity index (χ0n) is 10.2. The molecule has 1 atom stereocenters. The Morgan fingerprint density at radius 2 is 2.29 bits per heavy atom. The molecule has 0 spiro atoms. The fraction of sp³-hybridized carbons (Fsp3) is 0.667. The van der Waals surface area contributed by atoms with Crippen LogP contribution in [0, 0.1) is 6.92 Å². The Labute approximate surface area is 110 Å². The summed E-state index contributed by atoms with van der Waals surface area (Å²) in [5.41, 5.74) is 1.03. The minimum Gasteiger partial charge on any atom is -0.352 e. The molecule has 5 heteroatoms. The number of aryl methyl sites for hydroxylation is 1. The maximum Gasteiger partial charge on any atom is 0.233 e. The van der Waals surface area contributed by atoms with E-state index in [0.717, 1.165) is 22.9 Å². The Kier molecular flexibility index (Phi) is 4.45. The lowest BCUT2D eigenvalue weighted by atomic mass is 10.2. The van der Waals surface area contributed by atoms with E-state index in [-0.39, 0.29) is 11.2 Å². The molecule has 0 aliphatic heterocycles. The quantitative estimate of drug-likeness (QED) is 0.855. The Bertz CT molecular complexity index is 386. The van der Waals surface area contributed by atoms with E-state index in [1.165, 1.54) is 12.8 Å². The van der Waals surface area contributed by atoms with Crippen molar-refractivity contribution in [3.8, 4) is 0 Å². The average Bonchev–Trinajstić information content (AvgIpc) is 2.90. The summed E-state index contributed by atoms with van der Waals surface area (Å²) in [7, 11) is 0. The van der Waals surface area contributed by atoms with Crippen molar-refractivity contribution in [2.75, 3.05) is 0 Å². The Morgan fingerprint density at radius 1 is 1.59 bits per heavy atom. The van der Waals surface area contributed by atoms with E-state index in [4.69, 9.17) is 0 Å². The number of carbonyl (C=O) groups is 1. The van der Waals surface area contributed by atoms with Gasteiger partial charge in [-0.15, -0.1) is 11.3 Å². The highest BCUT2D eigenvalue weighted by Crippen LogP contribution is 2.27. The molecule has 0 radical (unpaired) electrons. The molecule has 1 amide bonds. The zero-order chi connectivity index (χ0) is 12.3. The molecule has 0 bridgehead atoms. The third-order valence-electron chi connectivity index (χ3n) is 2.95. The van der Waals surface area contributed by atoms with Crippen LogP contribution < -0.4 is 5.32 Å². The van der Waals surface area contributed by atoms with Crippen LogP contribution in [0.2, 0.25) is 0 Å². The number of thioether (sulfide) groups is 1. The predicted octanol–water partition coefficient (Wildman–Crippen LogP) is 2.99. The van der Waals surface area contributed by atoms with Crippen molar-refractivity contribution in [2.24, 2.45) is 0 Å². The first-order valence-electron chi connectivity index (χ1n) is 6.04. The van der Waals surface area contributed by atoms with Crippen molar-refractivity contribution in [1.29, 1.82) is 0 Å². The smallest absolute Gasteiger partial charge is 0.233 e. The number of hydrogen-bond acceptors (Lipinski definition) is 4. The van der Waals surface area contributed by atoms with Gasteiger partial charge in [0.25, 0.3) is 0 Å². The first kappa shape index (κ1) is 12.9. The van der Waals surface area contributed by atoms with Gasteiger partial charge >= 0.3 is 0 Å². The summed E-state index contributed by atoms with van der Waals surface area (Å²) in [6, 6.07) is 0.406. The van der Waals surface area contributed by atoms with Crippen molar-refractivity contribution >= 4 is 29.0 Å². The van der Waals surface area contributed by atoms with Crippen molar-refractivity contribution in [2.45, 2.75) is 55.2 Å². The highest BCUT2D eigenvalue weighted by molar-refractivity contribution is 8.02. The van der Waals surface area contributed by atoms with Gasteiger partial charge in [0.05, 0.1) is 5.25 Å². The Balaban J connectivity index is 1.82. The summed E-state index contributed by atoms with van der Waals surface area (Å²) >= 11 is 3.16. The summed E-state index contributed by atoms with van der Waals surface area (Å²) in [4.78, 5) is 16.3. The molecule has 1 fully saturated rings. The number of nitrogens with zero attached hydrogens (tertiary/aromatic N) is 1. The van der Waals surface area contributed by atoms with E-state index >= 15 is 0 Å². The van der Waals surface area contributed by atoms with Crippen LogP contribution in [0.1, 0.15) is 38.3 Å². The van der Waals surface area contributed by atoms with Gasteiger partial charge in [0.1, 0.15) is 0 Å². The van der Waals surface area contributed by atoms with Crippen LogP contribution in [0.5, 0.6) is 0 Å². The summed E-state index contributed by atoms with van der Waals surface area (Å²) in [6.07, 6.45) is 4.77. The average molecular weight is 270 g/mol. The molecular weight excluding hydrogens is 252 g/mol. The van der Waals surface area contributed by atoms with Crippen LogP contribution in [-0.2, 0) is 4.79 Å². The molecule has 17 heavy (non-hydrogen) atoms. The van der Waals surface area contributed by atoms with Gasteiger partial charge in [-0.25, -0.2) is 4.98 Å². The summed E-state index contributed by atoms with van der Waals surface area (Å²) in [6.45, 7) is 3.93. The van der Waals surface area contributed by atoms with Gasteiger partial charge in [-0.05, 0) is 26.7 Å². The molecule has 0 aromatic carbocycles. The fourth-order valence-corrected chi connectivity index (χ4v) is 3.97. The van der Waals surface area contributed by atoms with Gasteiger partial charge in [-0.2, -0.15) is 0 Å². The first-order valence-corrected chi connectivity index (χ1v) is 7.80. The van der Waals surface area contributed by atoms with E-state index in [1.807, 2.05) is 19.2 Å². The van der Waals surface area contributed by atoms with E-state index in [9.17, 15) is 4.79 Å². The fourth-order valence-electron chi connectivity index (χ4n) is 1.98. The zero-order valence-corrected chi connectivity index (χ0v) is 11.9. The topological polar surface area (TPSA) is 42.0 Å². The molecule has 94 valence electrons. The SMILES string of the molecule is Cc1csc(S[C@@H](C)C(=O)NC2CCCC2)n1. The van der Waals surface area contributed by atoms with Crippen LogP contribution in [0.25, 0.3) is 0 Å². The number of hydrogen-bond donors (Lipinski definition) is 1. The minimum atomic E-state index is -0.0545. The normalized spacial score (nSPS) is 18.2. The second-order valence-electron chi connectivity index (χ2n) is 4.50. The third kappa shape index (κ3) is 3.71. The van der Waals surface area contributed by atoms with Crippen LogP contribution >= 0.6 is 23.1 Å². The molecular formula is C12H18N2OS2. The Morgan fingerprint density at radius 3 is 2.88 bits per heavy atom. The molecule has 1 aliphatic carbocycles. The largest absolute Gasteiger partial charge is 0.352 e. The molecule has 1 aromatic rings. The maximum absolute atomic E-state index is 12.0. The lowest BCUT2D eigenvalue weighted by Gasteiger charge is -2.15. The van der Waals surface area contributed by atoms with Crippen molar-refractivity contribution in [3.05, 3.63) is 11.1 Å². The second-order valence-corrected chi connectivity index (χ2v) is 6.95. The van der Waals surface area contributed by atoms with E-state index in [2.05, 4.69) is 10.3 Å². The monoisotopic (exact) mass is 270 g/mol. The van der Waals surface area contributed by atoms with Crippen LogP contribution in [-0.4, -0.2) is 22.2 Å². The van der Waals surface area contributed by atoms with Gasteiger partial charge in [0.2, 0.25) is 5.91 Å². The standard InChI is InChI=1S/C12H18N2OS2/c1-8-7-16-12(13-8)17-9(2)11(15)14-10-5-3-4-6-10/h7,9-10H,3-6H2,1-2H3,(H,14,15)/t9-/m0/s1. The minimum absolute atomic E-state index is 0.0545. The number of amides is 1. The maximum atomic E-state index is 12.0. The number of aromatic nitrogens is 1. The van der Waals surface area contributed by atoms with Gasteiger partial charge in [-0.3, -0.25) is 4.79 Å². The van der Waals surface area contributed by atoms with Gasteiger partial charge in [0.15, 0.2) is 4.34 Å². The number of rotatable bonds is 4. The van der Waals surface area contributed by atoms with Crippen LogP contribution in [0.15, 0.2) is 9.72 Å². The predicted molar refractivity (Wildman–Crippen MR) is 72.6 cm³/mol. The lowest BCUT2D eigenvalue weighted by Crippen LogP contribution is -2.37. The van der Waals surface area contributed by atoms with E-state index in [1.54, 1.807) is 23.1 Å². The molecule has 1 aliphatic rings. The molecule has 1 N–H and O–H groups in total.